The van der Waals surface area contributed by atoms with Crippen molar-refractivity contribution in [3.63, 3.8) is 0 Å². The maximum Gasteiger partial charge on any atom is 0.317 e. The molecule has 1 fully saturated rings. The average Bonchev–Trinajstić information content (AvgIpc) is 2.70. The third-order valence-electron chi connectivity index (χ3n) is 3.67. The second-order valence-corrected chi connectivity index (χ2v) is 4.84. The van der Waals surface area contributed by atoms with E-state index in [1.165, 1.54) is 0 Å². The first-order chi connectivity index (χ1) is 8.51. The SMILES string of the molecule is CCC(CNC(=O)N1CCC(C)C1CO)C(=O)O. The number of aliphatic carboxylic acids is 1. The largest absolute Gasteiger partial charge is 0.481 e. The van der Waals surface area contributed by atoms with Crippen LogP contribution in [0.15, 0.2) is 0 Å². The number of likely N-dealkylation sites (tertiary alicyclic amines) is 1. The summed E-state index contributed by atoms with van der Waals surface area (Å²) in [5, 5.41) is 20.8. The Bertz CT molecular complexity index is 308. The van der Waals surface area contributed by atoms with E-state index < -0.39 is 11.9 Å². The van der Waals surface area contributed by atoms with Crippen molar-refractivity contribution in [1.29, 1.82) is 0 Å². The zero-order valence-electron chi connectivity index (χ0n) is 10.9. The molecule has 1 aliphatic rings. The van der Waals surface area contributed by atoms with Crippen LogP contribution in [0.25, 0.3) is 0 Å². The summed E-state index contributed by atoms with van der Waals surface area (Å²) in [6, 6.07) is -0.437. The molecule has 0 aliphatic carbocycles. The van der Waals surface area contributed by atoms with Gasteiger partial charge in [0.15, 0.2) is 0 Å². The lowest BCUT2D eigenvalue weighted by atomic mass is 10.0. The molecule has 1 rings (SSSR count). The van der Waals surface area contributed by atoms with Gasteiger partial charge in [0.05, 0.1) is 18.6 Å². The van der Waals surface area contributed by atoms with E-state index in [9.17, 15) is 14.7 Å². The third kappa shape index (κ3) is 3.35. The van der Waals surface area contributed by atoms with Crippen LogP contribution >= 0.6 is 0 Å². The molecule has 1 aliphatic heterocycles. The van der Waals surface area contributed by atoms with Gasteiger partial charge >= 0.3 is 12.0 Å². The monoisotopic (exact) mass is 258 g/mol. The van der Waals surface area contributed by atoms with Crippen LogP contribution < -0.4 is 5.32 Å². The van der Waals surface area contributed by atoms with E-state index in [4.69, 9.17) is 5.11 Å². The van der Waals surface area contributed by atoms with Crippen molar-refractivity contribution in [2.24, 2.45) is 11.8 Å². The number of hydrogen-bond donors (Lipinski definition) is 3. The number of urea groups is 1. The van der Waals surface area contributed by atoms with Gasteiger partial charge in [-0.1, -0.05) is 13.8 Å². The Balaban J connectivity index is 2.48. The van der Waals surface area contributed by atoms with E-state index >= 15 is 0 Å². The Morgan fingerprint density at radius 3 is 2.67 bits per heavy atom. The lowest BCUT2D eigenvalue weighted by Crippen LogP contribution is -2.47. The minimum absolute atomic E-state index is 0.0509. The van der Waals surface area contributed by atoms with Gasteiger partial charge in [-0.05, 0) is 18.8 Å². The molecular formula is C12H22N2O4. The summed E-state index contributed by atoms with van der Waals surface area (Å²) in [4.78, 5) is 24.3. The fourth-order valence-corrected chi connectivity index (χ4v) is 2.26. The molecule has 0 aromatic carbocycles. The Labute approximate surface area is 107 Å². The molecule has 3 N–H and O–H groups in total. The highest BCUT2D eigenvalue weighted by molar-refractivity contribution is 5.76. The molecule has 6 nitrogen and oxygen atoms in total. The highest BCUT2D eigenvalue weighted by atomic mass is 16.4. The van der Waals surface area contributed by atoms with Crippen molar-refractivity contribution in [2.45, 2.75) is 32.7 Å². The molecule has 3 atom stereocenters. The van der Waals surface area contributed by atoms with Crippen molar-refractivity contribution in [1.82, 2.24) is 10.2 Å². The highest BCUT2D eigenvalue weighted by Crippen LogP contribution is 2.23. The Morgan fingerprint density at radius 1 is 1.50 bits per heavy atom. The van der Waals surface area contributed by atoms with Gasteiger partial charge in [-0.3, -0.25) is 4.79 Å². The van der Waals surface area contributed by atoms with Gasteiger partial charge in [-0.15, -0.1) is 0 Å². The van der Waals surface area contributed by atoms with Crippen molar-refractivity contribution in [2.75, 3.05) is 19.7 Å². The second kappa shape index (κ2) is 6.58. The molecule has 3 unspecified atom stereocenters. The van der Waals surface area contributed by atoms with Crippen LogP contribution in [0.2, 0.25) is 0 Å². The van der Waals surface area contributed by atoms with E-state index in [2.05, 4.69) is 5.32 Å². The van der Waals surface area contributed by atoms with Gasteiger partial charge in [0.2, 0.25) is 0 Å². The van der Waals surface area contributed by atoms with Crippen LogP contribution in [0.4, 0.5) is 4.79 Å². The van der Waals surface area contributed by atoms with Gasteiger partial charge in [0.1, 0.15) is 0 Å². The van der Waals surface area contributed by atoms with Gasteiger partial charge in [-0.25, -0.2) is 4.79 Å². The predicted octanol–water partition coefficient (Wildman–Crippen LogP) is 0.509. The van der Waals surface area contributed by atoms with Gasteiger partial charge < -0.3 is 20.4 Å². The van der Waals surface area contributed by atoms with E-state index in [0.717, 1.165) is 6.42 Å². The average molecular weight is 258 g/mol. The van der Waals surface area contributed by atoms with Crippen LogP contribution in [0, 0.1) is 11.8 Å². The van der Waals surface area contributed by atoms with Gasteiger partial charge in [-0.2, -0.15) is 0 Å². The summed E-state index contributed by atoms with van der Waals surface area (Å²) in [5.41, 5.74) is 0. The standard InChI is InChI=1S/C12H22N2O4/c1-3-9(11(16)17)6-13-12(18)14-5-4-8(2)10(14)7-15/h8-10,15H,3-7H2,1-2H3,(H,13,18)(H,16,17). The first kappa shape index (κ1) is 14.8. The van der Waals surface area contributed by atoms with Crippen molar-refractivity contribution in [3.8, 4) is 0 Å². The van der Waals surface area contributed by atoms with E-state index in [0.29, 0.717) is 13.0 Å². The van der Waals surface area contributed by atoms with Crippen LogP contribution in [-0.4, -0.2) is 52.9 Å². The fraction of sp³-hybridized carbons (Fsp3) is 0.833. The number of aliphatic hydroxyl groups excluding tert-OH is 1. The zero-order valence-corrected chi connectivity index (χ0v) is 10.9. The van der Waals surface area contributed by atoms with Gasteiger partial charge in [0, 0.05) is 13.1 Å². The predicted molar refractivity (Wildman–Crippen MR) is 66.2 cm³/mol. The Kier molecular flexibility index (Phi) is 5.40. The summed E-state index contributed by atoms with van der Waals surface area (Å²) in [5.74, 6) is -1.17. The fourth-order valence-electron chi connectivity index (χ4n) is 2.26. The van der Waals surface area contributed by atoms with Crippen molar-refractivity contribution >= 4 is 12.0 Å². The summed E-state index contributed by atoms with van der Waals surface area (Å²) >= 11 is 0. The van der Waals surface area contributed by atoms with Crippen molar-refractivity contribution < 1.29 is 19.8 Å². The molecule has 0 radical (unpaired) electrons. The number of rotatable bonds is 5. The number of carbonyl (C=O) groups excluding carboxylic acids is 1. The zero-order chi connectivity index (χ0) is 13.7. The van der Waals surface area contributed by atoms with Crippen LogP contribution in [-0.2, 0) is 4.79 Å². The molecule has 6 heteroatoms. The van der Waals surface area contributed by atoms with Crippen LogP contribution in [0.1, 0.15) is 26.7 Å². The molecule has 2 amide bonds. The topological polar surface area (TPSA) is 89.9 Å². The summed E-state index contributed by atoms with van der Waals surface area (Å²) in [6.45, 7) is 4.47. The lowest BCUT2D eigenvalue weighted by molar-refractivity contribution is -0.141. The van der Waals surface area contributed by atoms with E-state index in [-0.39, 0.29) is 31.1 Å². The third-order valence-corrected chi connectivity index (χ3v) is 3.67. The number of hydrogen-bond acceptors (Lipinski definition) is 3. The maximum atomic E-state index is 11.9. The minimum atomic E-state index is -0.897. The Hall–Kier alpha value is -1.30. The smallest absolute Gasteiger partial charge is 0.317 e. The number of amides is 2. The Morgan fingerprint density at radius 2 is 2.17 bits per heavy atom. The molecule has 0 spiro atoms. The summed E-state index contributed by atoms with van der Waals surface area (Å²) in [7, 11) is 0. The molecule has 1 saturated heterocycles. The van der Waals surface area contributed by atoms with Gasteiger partial charge in [0.25, 0.3) is 0 Å². The molecule has 0 aromatic heterocycles. The number of aliphatic hydroxyl groups is 1. The molecule has 0 aromatic rings. The normalized spacial score (nSPS) is 24.9. The van der Waals surface area contributed by atoms with Crippen LogP contribution in [0.5, 0.6) is 0 Å². The molecule has 0 bridgehead atoms. The number of carbonyl (C=O) groups is 2. The van der Waals surface area contributed by atoms with Crippen LogP contribution in [0.3, 0.4) is 0 Å². The quantitative estimate of drug-likeness (QED) is 0.670. The lowest BCUT2D eigenvalue weighted by Gasteiger charge is -2.26. The second-order valence-electron chi connectivity index (χ2n) is 4.84. The molecule has 0 saturated carbocycles. The van der Waals surface area contributed by atoms with E-state index in [1.54, 1.807) is 11.8 Å². The number of carboxylic acids is 1. The number of carboxylic acid groups (broad SMARTS) is 1. The first-order valence-corrected chi connectivity index (χ1v) is 6.39. The highest BCUT2D eigenvalue weighted by Gasteiger charge is 2.34. The summed E-state index contributed by atoms with van der Waals surface area (Å²) < 4.78 is 0. The molecule has 18 heavy (non-hydrogen) atoms. The van der Waals surface area contributed by atoms with E-state index in [1.807, 2.05) is 6.92 Å². The molecular weight excluding hydrogens is 236 g/mol. The minimum Gasteiger partial charge on any atom is -0.481 e. The number of nitrogens with one attached hydrogen (secondary N) is 1. The molecule has 104 valence electrons. The first-order valence-electron chi connectivity index (χ1n) is 6.39. The van der Waals surface area contributed by atoms with Crippen molar-refractivity contribution in [3.05, 3.63) is 0 Å². The number of nitrogens with zero attached hydrogens (tertiary/aromatic N) is 1. The summed E-state index contributed by atoms with van der Waals surface area (Å²) in [6.07, 6.45) is 1.35. The molecule has 1 heterocycles. The maximum absolute atomic E-state index is 11.9.